The molecule has 116 valence electrons. The molecule has 1 aliphatic carbocycles. The van der Waals surface area contributed by atoms with Gasteiger partial charge in [-0.15, -0.1) is 0 Å². The number of rotatable bonds is 5. The van der Waals surface area contributed by atoms with Crippen LogP contribution in [-0.2, 0) is 0 Å². The van der Waals surface area contributed by atoms with Crippen molar-refractivity contribution in [2.45, 2.75) is 65.5 Å². The van der Waals surface area contributed by atoms with Crippen LogP contribution >= 0.6 is 0 Å². The molecule has 2 nitrogen and oxygen atoms in total. The van der Waals surface area contributed by atoms with Gasteiger partial charge in [-0.1, -0.05) is 39.8 Å². The Morgan fingerprint density at radius 3 is 2.60 bits per heavy atom. The SMILES string of the molecule is CC(C)CC1CN(CC2CC=CCC2)C(C(C)C)CN1. The van der Waals surface area contributed by atoms with E-state index in [9.17, 15) is 0 Å². The Bertz CT molecular complexity index is 309. The van der Waals surface area contributed by atoms with E-state index < -0.39 is 0 Å². The maximum Gasteiger partial charge on any atom is 0.0244 e. The zero-order valence-corrected chi connectivity index (χ0v) is 13.9. The van der Waals surface area contributed by atoms with Gasteiger partial charge in [-0.25, -0.2) is 0 Å². The van der Waals surface area contributed by atoms with Gasteiger partial charge in [-0.3, -0.25) is 4.90 Å². The highest BCUT2D eigenvalue weighted by Crippen LogP contribution is 2.24. The summed E-state index contributed by atoms with van der Waals surface area (Å²) in [4.78, 5) is 2.80. The van der Waals surface area contributed by atoms with Crippen molar-refractivity contribution in [3.05, 3.63) is 12.2 Å². The van der Waals surface area contributed by atoms with Crippen LogP contribution in [0.2, 0.25) is 0 Å². The third kappa shape index (κ3) is 4.60. The fourth-order valence-electron chi connectivity index (χ4n) is 3.85. The Balaban J connectivity index is 1.93. The van der Waals surface area contributed by atoms with Crippen molar-refractivity contribution in [3.63, 3.8) is 0 Å². The Hall–Kier alpha value is -0.340. The van der Waals surface area contributed by atoms with E-state index in [-0.39, 0.29) is 0 Å². The molecular weight excluding hydrogens is 244 g/mol. The highest BCUT2D eigenvalue weighted by atomic mass is 15.2. The Labute approximate surface area is 126 Å². The lowest BCUT2D eigenvalue weighted by Crippen LogP contribution is -2.59. The molecule has 0 bridgehead atoms. The number of piperazine rings is 1. The third-order valence-electron chi connectivity index (χ3n) is 4.94. The van der Waals surface area contributed by atoms with Crippen molar-refractivity contribution in [1.29, 1.82) is 0 Å². The molecule has 0 saturated carbocycles. The zero-order valence-electron chi connectivity index (χ0n) is 13.9. The van der Waals surface area contributed by atoms with Crippen LogP contribution in [0, 0.1) is 17.8 Å². The molecule has 1 heterocycles. The first kappa shape index (κ1) is 16.0. The van der Waals surface area contributed by atoms with Gasteiger partial charge >= 0.3 is 0 Å². The maximum atomic E-state index is 3.79. The summed E-state index contributed by atoms with van der Waals surface area (Å²) in [5.41, 5.74) is 0. The Morgan fingerprint density at radius 2 is 2.00 bits per heavy atom. The van der Waals surface area contributed by atoms with E-state index in [0.29, 0.717) is 6.04 Å². The lowest BCUT2D eigenvalue weighted by molar-refractivity contribution is 0.0744. The van der Waals surface area contributed by atoms with Crippen LogP contribution in [0.25, 0.3) is 0 Å². The molecule has 0 aromatic heterocycles. The second kappa shape index (κ2) is 7.61. The van der Waals surface area contributed by atoms with Crippen LogP contribution in [0.3, 0.4) is 0 Å². The van der Waals surface area contributed by atoms with Gasteiger partial charge in [0, 0.05) is 31.7 Å². The van der Waals surface area contributed by atoms with Crippen molar-refractivity contribution < 1.29 is 0 Å². The zero-order chi connectivity index (χ0) is 14.5. The Kier molecular flexibility index (Phi) is 6.10. The average Bonchev–Trinajstić information content (AvgIpc) is 2.39. The fraction of sp³-hybridized carbons (Fsp3) is 0.889. The van der Waals surface area contributed by atoms with Crippen LogP contribution in [0.4, 0.5) is 0 Å². The summed E-state index contributed by atoms with van der Waals surface area (Å²) in [6.07, 6.45) is 10.0. The van der Waals surface area contributed by atoms with Crippen molar-refractivity contribution >= 4 is 0 Å². The molecule has 0 aromatic rings. The number of nitrogens with zero attached hydrogens (tertiary/aromatic N) is 1. The van der Waals surface area contributed by atoms with Crippen LogP contribution in [-0.4, -0.2) is 36.6 Å². The van der Waals surface area contributed by atoms with Gasteiger partial charge in [0.25, 0.3) is 0 Å². The molecule has 1 N–H and O–H groups in total. The number of nitrogens with one attached hydrogen (secondary N) is 1. The third-order valence-corrected chi connectivity index (χ3v) is 4.94. The highest BCUT2D eigenvalue weighted by Gasteiger charge is 2.31. The van der Waals surface area contributed by atoms with E-state index >= 15 is 0 Å². The lowest BCUT2D eigenvalue weighted by Gasteiger charge is -2.44. The summed E-state index contributed by atoms with van der Waals surface area (Å²) in [5.74, 6) is 2.43. The van der Waals surface area contributed by atoms with Crippen molar-refractivity contribution in [3.8, 4) is 0 Å². The molecule has 0 aromatic carbocycles. The van der Waals surface area contributed by atoms with Crippen LogP contribution in [0.1, 0.15) is 53.4 Å². The summed E-state index contributed by atoms with van der Waals surface area (Å²) in [5, 5.41) is 3.79. The summed E-state index contributed by atoms with van der Waals surface area (Å²) in [6.45, 7) is 13.2. The number of hydrogen-bond donors (Lipinski definition) is 1. The molecule has 2 aliphatic rings. The predicted octanol–water partition coefficient (Wildman–Crippen LogP) is 3.69. The molecule has 0 amide bonds. The number of allylic oxidation sites excluding steroid dienone is 2. The summed E-state index contributed by atoms with van der Waals surface area (Å²) in [6, 6.07) is 1.42. The topological polar surface area (TPSA) is 15.3 Å². The van der Waals surface area contributed by atoms with E-state index in [1.807, 2.05) is 0 Å². The van der Waals surface area contributed by atoms with E-state index in [0.717, 1.165) is 23.8 Å². The molecule has 2 heteroatoms. The molecule has 2 rings (SSSR count). The first-order valence-corrected chi connectivity index (χ1v) is 8.68. The normalized spacial score (nSPS) is 32.2. The van der Waals surface area contributed by atoms with Gasteiger partial charge in [0.15, 0.2) is 0 Å². The first-order chi connectivity index (χ1) is 9.56. The second-order valence-corrected chi connectivity index (χ2v) is 7.65. The molecule has 3 unspecified atom stereocenters. The van der Waals surface area contributed by atoms with E-state index in [1.165, 1.54) is 45.3 Å². The molecule has 3 atom stereocenters. The van der Waals surface area contributed by atoms with Crippen LogP contribution < -0.4 is 5.32 Å². The summed E-state index contributed by atoms with van der Waals surface area (Å²) < 4.78 is 0. The standard InChI is InChI=1S/C18H34N2/c1-14(2)10-17-13-20(18(11-19-17)15(3)4)12-16-8-6-5-7-9-16/h5-6,14-19H,7-13H2,1-4H3. The van der Waals surface area contributed by atoms with Crippen molar-refractivity contribution in [2.24, 2.45) is 17.8 Å². The largest absolute Gasteiger partial charge is 0.311 e. The second-order valence-electron chi connectivity index (χ2n) is 7.65. The number of hydrogen-bond acceptors (Lipinski definition) is 2. The average molecular weight is 278 g/mol. The van der Waals surface area contributed by atoms with Gasteiger partial charge < -0.3 is 5.32 Å². The van der Waals surface area contributed by atoms with Gasteiger partial charge in [0.05, 0.1) is 0 Å². The van der Waals surface area contributed by atoms with Crippen LogP contribution in [0.5, 0.6) is 0 Å². The molecule has 0 spiro atoms. The van der Waals surface area contributed by atoms with Gasteiger partial charge in [-0.2, -0.15) is 0 Å². The molecule has 1 saturated heterocycles. The minimum absolute atomic E-state index is 0.698. The quantitative estimate of drug-likeness (QED) is 0.772. The monoisotopic (exact) mass is 278 g/mol. The smallest absolute Gasteiger partial charge is 0.0244 e. The lowest BCUT2D eigenvalue weighted by atomic mass is 9.90. The molecule has 1 fully saturated rings. The maximum absolute atomic E-state index is 3.79. The van der Waals surface area contributed by atoms with Crippen LogP contribution in [0.15, 0.2) is 12.2 Å². The highest BCUT2D eigenvalue weighted by molar-refractivity contribution is 4.94. The predicted molar refractivity (Wildman–Crippen MR) is 87.9 cm³/mol. The van der Waals surface area contributed by atoms with Gasteiger partial charge in [-0.05, 0) is 43.4 Å². The molecular formula is C18H34N2. The Morgan fingerprint density at radius 1 is 1.20 bits per heavy atom. The minimum atomic E-state index is 0.698. The summed E-state index contributed by atoms with van der Waals surface area (Å²) >= 11 is 0. The van der Waals surface area contributed by atoms with Gasteiger partial charge in [0.2, 0.25) is 0 Å². The van der Waals surface area contributed by atoms with E-state index in [1.54, 1.807) is 0 Å². The molecule has 20 heavy (non-hydrogen) atoms. The molecule has 1 aliphatic heterocycles. The first-order valence-electron chi connectivity index (χ1n) is 8.68. The fourth-order valence-corrected chi connectivity index (χ4v) is 3.85. The van der Waals surface area contributed by atoms with Crippen molar-refractivity contribution in [2.75, 3.05) is 19.6 Å². The van der Waals surface area contributed by atoms with E-state index in [2.05, 4.69) is 50.1 Å². The van der Waals surface area contributed by atoms with Crippen molar-refractivity contribution in [1.82, 2.24) is 10.2 Å². The molecule has 0 radical (unpaired) electrons. The summed E-state index contributed by atoms with van der Waals surface area (Å²) in [7, 11) is 0. The van der Waals surface area contributed by atoms with E-state index in [4.69, 9.17) is 0 Å². The minimum Gasteiger partial charge on any atom is -0.311 e. The van der Waals surface area contributed by atoms with Gasteiger partial charge in [0.1, 0.15) is 0 Å².